The van der Waals surface area contributed by atoms with Crippen LogP contribution >= 0.6 is 12.4 Å². The molecule has 44 heavy (non-hydrogen) atoms. The summed E-state index contributed by atoms with van der Waals surface area (Å²) >= 11 is 0. The van der Waals surface area contributed by atoms with Crippen molar-refractivity contribution >= 4 is 34.5 Å². The Bertz CT molecular complexity index is 1460. The molecule has 1 aliphatic rings. The van der Waals surface area contributed by atoms with E-state index in [4.69, 9.17) is 14.2 Å². The van der Waals surface area contributed by atoms with E-state index in [1.165, 1.54) is 23.5 Å². The van der Waals surface area contributed by atoms with Crippen LogP contribution in [0.25, 0.3) is 0 Å². The number of hydrogen-bond acceptors (Lipinski definition) is 7. The maximum Gasteiger partial charge on any atom is 0.410 e. The van der Waals surface area contributed by atoms with Gasteiger partial charge in [0, 0.05) is 19.6 Å². The van der Waals surface area contributed by atoms with E-state index >= 15 is 0 Å². The zero-order chi connectivity index (χ0) is 31.0. The molecule has 1 aliphatic heterocycles. The molecule has 1 atom stereocenters. The molecule has 3 aromatic rings. The average Bonchev–Trinajstić information content (AvgIpc) is 3.00. The van der Waals surface area contributed by atoms with Gasteiger partial charge in [-0.1, -0.05) is 60.7 Å². The first-order valence-electron chi connectivity index (χ1n) is 14.4. The van der Waals surface area contributed by atoms with Gasteiger partial charge in [-0.3, -0.25) is 4.79 Å². The van der Waals surface area contributed by atoms with Crippen LogP contribution in [0.2, 0.25) is 0 Å². The monoisotopic (exact) mass is 644 g/mol. The van der Waals surface area contributed by atoms with Crippen molar-refractivity contribution in [2.45, 2.75) is 63.3 Å². The molecular weight excluding hydrogens is 604 g/mol. The highest BCUT2D eigenvalue weighted by molar-refractivity contribution is 7.89. The lowest BCUT2D eigenvalue weighted by Crippen LogP contribution is -2.53. The number of carbonyl (C=O) groups excluding carboxylic acids is 2. The molecule has 4 rings (SSSR count). The summed E-state index contributed by atoms with van der Waals surface area (Å²) in [6.45, 7) is 6.04. The minimum Gasteiger partial charge on any atom is -0.497 e. The molecule has 0 unspecified atom stereocenters. The summed E-state index contributed by atoms with van der Waals surface area (Å²) in [6.07, 6.45) is 0.364. The Morgan fingerprint density at radius 3 is 1.95 bits per heavy atom. The number of likely N-dealkylation sites (tertiary alicyclic amines) is 1. The number of benzene rings is 3. The molecule has 0 bridgehead atoms. The first-order valence-corrected chi connectivity index (χ1v) is 15.8. The predicted octanol–water partition coefficient (Wildman–Crippen LogP) is 6.07. The Morgan fingerprint density at radius 2 is 1.43 bits per heavy atom. The van der Waals surface area contributed by atoms with Crippen LogP contribution in [-0.4, -0.2) is 61.5 Å². The Balaban J connectivity index is 0.00000529. The summed E-state index contributed by atoms with van der Waals surface area (Å²) < 4.78 is 46.5. The molecule has 0 spiro atoms. The van der Waals surface area contributed by atoms with Crippen molar-refractivity contribution in [2.75, 3.05) is 20.2 Å². The number of esters is 1. The van der Waals surface area contributed by atoms with Crippen LogP contribution in [0.5, 0.6) is 5.75 Å². The highest BCUT2D eigenvalue weighted by Gasteiger charge is 2.43. The van der Waals surface area contributed by atoms with Crippen LogP contribution in [0.1, 0.15) is 44.7 Å². The molecule has 0 aromatic heterocycles. The van der Waals surface area contributed by atoms with Crippen LogP contribution in [-0.2, 0) is 37.4 Å². The highest BCUT2D eigenvalue weighted by Crippen LogP contribution is 2.32. The first kappa shape index (κ1) is 34.9. The summed E-state index contributed by atoms with van der Waals surface area (Å²) in [6, 6.07) is 23.4. The SMILES string of the molecule is COc1ccc(S(=O)(=O)N(Cc2ccccc2)[C@@H](C(=O)OCc2ccccc2)C2CCN(C(=O)OC(C)(C)C)CC2)cc1.Cl. The van der Waals surface area contributed by atoms with Gasteiger partial charge < -0.3 is 19.1 Å². The molecule has 0 saturated carbocycles. The molecular formula is C33H41ClN2O7S. The molecule has 9 nitrogen and oxygen atoms in total. The minimum atomic E-state index is -4.18. The molecule has 238 valence electrons. The third-order valence-corrected chi connectivity index (χ3v) is 9.10. The number of methoxy groups -OCH3 is 1. The average molecular weight is 645 g/mol. The zero-order valence-corrected chi connectivity index (χ0v) is 27.2. The fraction of sp³-hybridized carbons (Fsp3) is 0.394. The Kier molecular flexibility index (Phi) is 12.2. The number of hydrogen-bond donors (Lipinski definition) is 0. The van der Waals surface area contributed by atoms with E-state index in [9.17, 15) is 18.0 Å². The minimum absolute atomic E-state index is 0. The lowest BCUT2D eigenvalue weighted by atomic mass is 9.89. The maximum absolute atomic E-state index is 14.3. The number of carbonyl (C=O) groups is 2. The second-order valence-electron chi connectivity index (χ2n) is 11.6. The van der Waals surface area contributed by atoms with Gasteiger partial charge in [-0.05, 0) is 74.9 Å². The van der Waals surface area contributed by atoms with Crippen molar-refractivity contribution in [3.05, 3.63) is 96.1 Å². The molecule has 0 aliphatic carbocycles. The van der Waals surface area contributed by atoms with Crippen molar-refractivity contribution in [1.82, 2.24) is 9.21 Å². The molecule has 0 radical (unpaired) electrons. The van der Waals surface area contributed by atoms with E-state index in [2.05, 4.69) is 0 Å². The first-order chi connectivity index (χ1) is 20.5. The van der Waals surface area contributed by atoms with Crippen LogP contribution in [0.4, 0.5) is 4.79 Å². The Morgan fingerprint density at radius 1 is 0.886 bits per heavy atom. The molecule has 1 fully saturated rings. The quantitative estimate of drug-likeness (QED) is 0.247. The Hall–Kier alpha value is -3.60. The highest BCUT2D eigenvalue weighted by atomic mass is 35.5. The van der Waals surface area contributed by atoms with Crippen molar-refractivity contribution in [1.29, 1.82) is 0 Å². The number of ether oxygens (including phenoxy) is 3. The second kappa shape index (κ2) is 15.4. The lowest BCUT2D eigenvalue weighted by Gasteiger charge is -2.39. The smallest absolute Gasteiger partial charge is 0.410 e. The van der Waals surface area contributed by atoms with Crippen LogP contribution in [0, 0.1) is 5.92 Å². The topological polar surface area (TPSA) is 102 Å². The summed E-state index contributed by atoms with van der Waals surface area (Å²) in [5.74, 6) is -0.520. The van der Waals surface area contributed by atoms with Crippen molar-refractivity contribution < 1.29 is 32.2 Å². The lowest BCUT2D eigenvalue weighted by molar-refractivity contribution is -0.152. The van der Waals surface area contributed by atoms with Crippen molar-refractivity contribution in [2.24, 2.45) is 5.92 Å². The van der Waals surface area contributed by atoms with Crippen LogP contribution in [0.3, 0.4) is 0 Å². The van der Waals surface area contributed by atoms with Gasteiger partial charge in [0.1, 0.15) is 24.0 Å². The molecule has 11 heteroatoms. The van der Waals surface area contributed by atoms with Gasteiger partial charge >= 0.3 is 12.1 Å². The fourth-order valence-corrected chi connectivity index (χ4v) is 6.69. The van der Waals surface area contributed by atoms with Gasteiger partial charge in [-0.2, -0.15) is 4.31 Å². The van der Waals surface area contributed by atoms with Gasteiger partial charge in [-0.15, -0.1) is 12.4 Å². The number of halogens is 1. The summed E-state index contributed by atoms with van der Waals surface area (Å²) in [5.41, 5.74) is 0.880. The van der Waals surface area contributed by atoms with E-state index in [0.717, 1.165) is 11.1 Å². The number of nitrogens with zero attached hydrogens (tertiary/aromatic N) is 2. The zero-order valence-electron chi connectivity index (χ0n) is 25.5. The largest absolute Gasteiger partial charge is 0.497 e. The molecule has 3 aromatic carbocycles. The standard InChI is InChI=1S/C33H40N2O7S.ClH/c1-33(2,3)42-32(37)34-21-19-27(20-22-34)30(31(36)41-24-26-13-9-6-10-14-26)35(23-25-11-7-5-8-12-25)43(38,39)29-17-15-28(40-4)16-18-29;/h5-18,27,30H,19-24H2,1-4H3;1H/t30-;/m1./s1. The molecule has 0 N–H and O–H groups in total. The van der Waals surface area contributed by atoms with Crippen molar-refractivity contribution in [3.63, 3.8) is 0 Å². The number of amides is 1. The fourth-order valence-electron chi connectivity index (χ4n) is 5.06. The summed E-state index contributed by atoms with van der Waals surface area (Å²) in [5, 5.41) is 0. The van der Waals surface area contributed by atoms with Crippen LogP contribution < -0.4 is 4.74 Å². The van der Waals surface area contributed by atoms with Gasteiger partial charge in [0.2, 0.25) is 10.0 Å². The van der Waals surface area contributed by atoms with E-state index in [-0.39, 0.29) is 30.5 Å². The Labute approximate surface area is 266 Å². The summed E-state index contributed by atoms with van der Waals surface area (Å²) in [4.78, 5) is 28.4. The molecule has 1 saturated heterocycles. The van der Waals surface area contributed by atoms with E-state index in [1.807, 2.05) is 81.4 Å². The molecule has 1 amide bonds. The second-order valence-corrected chi connectivity index (χ2v) is 13.4. The van der Waals surface area contributed by atoms with Gasteiger partial charge in [0.05, 0.1) is 12.0 Å². The summed E-state index contributed by atoms with van der Waals surface area (Å²) in [7, 11) is -2.68. The number of piperidine rings is 1. The third-order valence-electron chi connectivity index (χ3n) is 7.26. The van der Waals surface area contributed by atoms with Gasteiger partial charge in [-0.25, -0.2) is 13.2 Å². The van der Waals surface area contributed by atoms with Crippen molar-refractivity contribution in [3.8, 4) is 5.75 Å². The normalized spacial score (nSPS) is 14.8. The number of rotatable bonds is 10. The van der Waals surface area contributed by atoms with Gasteiger partial charge in [0.25, 0.3) is 0 Å². The predicted molar refractivity (Wildman–Crippen MR) is 170 cm³/mol. The van der Waals surface area contributed by atoms with E-state index in [1.54, 1.807) is 17.0 Å². The van der Waals surface area contributed by atoms with Gasteiger partial charge in [0.15, 0.2) is 0 Å². The van der Waals surface area contributed by atoms with Crippen LogP contribution in [0.15, 0.2) is 89.8 Å². The molecule has 1 heterocycles. The maximum atomic E-state index is 14.3. The van der Waals surface area contributed by atoms with E-state index in [0.29, 0.717) is 31.7 Å². The third kappa shape index (κ3) is 9.20. The van der Waals surface area contributed by atoms with E-state index < -0.39 is 39.6 Å². The number of sulfonamides is 1.